The molecule has 1 aromatic carbocycles. The maximum atomic E-state index is 13.4. The van der Waals surface area contributed by atoms with Crippen molar-refractivity contribution >= 4 is 5.69 Å². The van der Waals surface area contributed by atoms with Crippen LogP contribution >= 0.6 is 0 Å². The maximum absolute atomic E-state index is 13.4. The minimum absolute atomic E-state index is 0.342. The van der Waals surface area contributed by atoms with Crippen molar-refractivity contribution in [3.05, 3.63) is 24.0 Å². The van der Waals surface area contributed by atoms with E-state index in [1.54, 1.807) is 10.7 Å². The standard InChI is InChI=1S/C13H16FN5/c1-2-3-8-6-12(8)19-13(16-17-18-19)9-4-10(14)7-11(15)5-9/h4-5,7-8,12H,2-3,6,15H2,1H3. The van der Waals surface area contributed by atoms with E-state index in [4.69, 9.17) is 5.73 Å². The summed E-state index contributed by atoms with van der Waals surface area (Å²) in [5.41, 5.74) is 6.67. The highest BCUT2D eigenvalue weighted by atomic mass is 19.1. The van der Waals surface area contributed by atoms with Crippen LogP contribution in [0.5, 0.6) is 0 Å². The van der Waals surface area contributed by atoms with Gasteiger partial charge in [0.15, 0.2) is 5.82 Å². The second-order valence-corrected chi connectivity index (χ2v) is 5.07. The lowest BCUT2D eigenvalue weighted by Crippen LogP contribution is -2.02. The van der Waals surface area contributed by atoms with E-state index in [2.05, 4.69) is 22.4 Å². The van der Waals surface area contributed by atoms with Crippen LogP contribution in [-0.2, 0) is 0 Å². The van der Waals surface area contributed by atoms with Gasteiger partial charge in [0, 0.05) is 11.3 Å². The minimum Gasteiger partial charge on any atom is -0.399 e. The molecule has 1 fully saturated rings. The SMILES string of the molecule is CCCC1CC1n1nnnc1-c1cc(N)cc(F)c1. The summed E-state index contributed by atoms with van der Waals surface area (Å²) in [4.78, 5) is 0. The predicted octanol–water partition coefficient (Wildman–Crippen LogP) is 2.42. The molecule has 100 valence electrons. The van der Waals surface area contributed by atoms with Crippen LogP contribution in [0.3, 0.4) is 0 Å². The van der Waals surface area contributed by atoms with Crippen LogP contribution in [-0.4, -0.2) is 20.2 Å². The zero-order valence-corrected chi connectivity index (χ0v) is 10.8. The maximum Gasteiger partial charge on any atom is 0.182 e. The second-order valence-electron chi connectivity index (χ2n) is 5.07. The van der Waals surface area contributed by atoms with Crippen LogP contribution in [0.2, 0.25) is 0 Å². The molecule has 6 heteroatoms. The highest BCUT2D eigenvalue weighted by Crippen LogP contribution is 2.47. The van der Waals surface area contributed by atoms with E-state index in [1.807, 2.05) is 0 Å². The number of rotatable bonds is 4. The fourth-order valence-electron chi connectivity index (χ4n) is 2.56. The van der Waals surface area contributed by atoms with Crippen molar-refractivity contribution in [2.45, 2.75) is 32.2 Å². The Kier molecular flexibility index (Phi) is 2.93. The summed E-state index contributed by atoms with van der Waals surface area (Å²) in [5.74, 6) is 0.860. The van der Waals surface area contributed by atoms with Crippen LogP contribution in [0.1, 0.15) is 32.2 Å². The quantitative estimate of drug-likeness (QED) is 0.858. The van der Waals surface area contributed by atoms with Gasteiger partial charge in [0.25, 0.3) is 0 Å². The smallest absolute Gasteiger partial charge is 0.182 e. The molecule has 0 bridgehead atoms. The third-order valence-electron chi connectivity index (χ3n) is 3.53. The normalized spacial score (nSPS) is 21.6. The molecule has 1 heterocycles. The van der Waals surface area contributed by atoms with Gasteiger partial charge in [-0.25, -0.2) is 9.07 Å². The molecule has 1 aromatic heterocycles. The summed E-state index contributed by atoms with van der Waals surface area (Å²) in [6.45, 7) is 2.17. The molecule has 0 radical (unpaired) electrons. The predicted molar refractivity (Wildman–Crippen MR) is 69.7 cm³/mol. The molecule has 0 amide bonds. The van der Waals surface area contributed by atoms with Crippen LogP contribution in [0.15, 0.2) is 18.2 Å². The van der Waals surface area contributed by atoms with Gasteiger partial charge in [-0.3, -0.25) is 0 Å². The van der Waals surface area contributed by atoms with Gasteiger partial charge in [-0.1, -0.05) is 13.3 Å². The Morgan fingerprint density at radius 1 is 1.42 bits per heavy atom. The van der Waals surface area contributed by atoms with Crippen molar-refractivity contribution in [3.8, 4) is 11.4 Å². The molecule has 0 spiro atoms. The summed E-state index contributed by atoms with van der Waals surface area (Å²) in [6, 6.07) is 4.74. The summed E-state index contributed by atoms with van der Waals surface area (Å²) >= 11 is 0. The van der Waals surface area contributed by atoms with Crippen molar-refractivity contribution < 1.29 is 4.39 Å². The zero-order chi connectivity index (χ0) is 13.4. The summed E-state index contributed by atoms with van der Waals surface area (Å²) in [7, 11) is 0. The number of tetrazole rings is 1. The molecule has 1 aliphatic carbocycles. The molecule has 2 aromatic rings. The Morgan fingerprint density at radius 3 is 3.00 bits per heavy atom. The number of nitrogens with two attached hydrogens (primary N) is 1. The average Bonchev–Trinajstić information content (AvgIpc) is 2.94. The van der Waals surface area contributed by atoms with Gasteiger partial charge in [-0.15, -0.1) is 5.10 Å². The van der Waals surface area contributed by atoms with E-state index in [0.717, 1.165) is 12.8 Å². The molecule has 2 atom stereocenters. The first-order valence-electron chi connectivity index (χ1n) is 6.53. The van der Waals surface area contributed by atoms with Gasteiger partial charge < -0.3 is 5.73 Å². The van der Waals surface area contributed by atoms with Gasteiger partial charge in [0.05, 0.1) is 6.04 Å². The van der Waals surface area contributed by atoms with E-state index in [1.165, 1.54) is 18.6 Å². The Balaban J connectivity index is 1.92. The summed E-state index contributed by atoms with van der Waals surface area (Å²) < 4.78 is 15.2. The van der Waals surface area contributed by atoms with Crippen LogP contribution < -0.4 is 5.73 Å². The molecular formula is C13H16FN5. The lowest BCUT2D eigenvalue weighted by atomic mass is 10.2. The number of benzene rings is 1. The molecule has 0 saturated heterocycles. The topological polar surface area (TPSA) is 69.6 Å². The lowest BCUT2D eigenvalue weighted by molar-refractivity contribution is 0.548. The largest absolute Gasteiger partial charge is 0.399 e. The number of hydrogen-bond donors (Lipinski definition) is 1. The third kappa shape index (κ3) is 2.30. The first-order chi connectivity index (χ1) is 9.19. The Hall–Kier alpha value is -1.98. The number of nitrogens with zero attached hydrogens (tertiary/aromatic N) is 4. The fraction of sp³-hybridized carbons (Fsp3) is 0.462. The Bertz CT molecular complexity index is 574. The first-order valence-corrected chi connectivity index (χ1v) is 6.53. The van der Waals surface area contributed by atoms with Crippen LogP contribution in [0.4, 0.5) is 10.1 Å². The molecule has 2 unspecified atom stereocenters. The number of nitrogen functional groups attached to an aromatic ring is 1. The van der Waals surface area contributed by atoms with Gasteiger partial charge in [0.1, 0.15) is 5.82 Å². The molecule has 5 nitrogen and oxygen atoms in total. The highest BCUT2D eigenvalue weighted by molar-refractivity contribution is 5.61. The van der Waals surface area contributed by atoms with Gasteiger partial charge in [-0.05, 0) is 47.4 Å². The van der Waals surface area contributed by atoms with Crippen molar-refractivity contribution in [2.24, 2.45) is 5.92 Å². The number of hydrogen-bond acceptors (Lipinski definition) is 4. The first kappa shape index (κ1) is 12.1. The van der Waals surface area contributed by atoms with E-state index >= 15 is 0 Å². The van der Waals surface area contributed by atoms with E-state index in [9.17, 15) is 4.39 Å². The molecule has 19 heavy (non-hydrogen) atoms. The summed E-state index contributed by atoms with van der Waals surface area (Å²) in [6.07, 6.45) is 3.43. The van der Waals surface area contributed by atoms with Gasteiger partial charge in [0.2, 0.25) is 0 Å². The van der Waals surface area contributed by atoms with E-state index in [0.29, 0.717) is 29.0 Å². The van der Waals surface area contributed by atoms with Gasteiger partial charge in [-0.2, -0.15) is 0 Å². The number of halogens is 1. The molecular weight excluding hydrogens is 245 g/mol. The zero-order valence-electron chi connectivity index (χ0n) is 10.8. The fourth-order valence-corrected chi connectivity index (χ4v) is 2.56. The van der Waals surface area contributed by atoms with Crippen molar-refractivity contribution in [1.29, 1.82) is 0 Å². The van der Waals surface area contributed by atoms with E-state index in [-0.39, 0.29) is 5.82 Å². The number of anilines is 1. The Morgan fingerprint density at radius 2 is 2.26 bits per heavy atom. The van der Waals surface area contributed by atoms with Crippen molar-refractivity contribution in [1.82, 2.24) is 20.2 Å². The monoisotopic (exact) mass is 261 g/mol. The summed E-state index contributed by atoms with van der Waals surface area (Å²) in [5, 5.41) is 11.8. The average molecular weight is 261 g/mol. The molecule has 2 N–H and O–H groups in total. The lowest BCUT2D eigenvalue weighted by Gasteiger charge is -2.05. The van der Waals surface area contributed by atoms with Crippen molar-refractivity contribution in [2.75, 3.05) is 5.73 Å². The Labute approximate surface area is 110 Å². The van der Waals surface area contributed by atoms with Gasteiger partial charge >= 0.3 is 0 Å². The molecule has 0 aliphatic heterocycles. The highest BCUT2D eigenvalue weighted by Gasteiger charge is 2.40. The molecule has 1 saturated carbocycles. The van der Waals surface area contributed by atoms with E-state index < -0.39 is 0 Å². The number of aromatic nitrogens is 4. The van der Waals surface area contributed by atoms with Crippen LogP contribution in [0, 0.1) is 11.7 Å². The van der Waals surface area contributed by atoms with Crippen LogP contribution in [0.25, 0.3) is 11.4 Å². The minimum atomic E-state index is -0.370. The molecule has 3 rings (SSSR count). The van der Waals surface area contributed by atoms with Crippen molar-refractivity contribution in [3.63, 3.8) is 0 Å². The molecule has 1 aliphatic rings. The second kappa shape index (κ2) is 4.60. The third-order valence-corrected chi connectivity index (χ3v) is 3.53.